The first-order valence-corrected chi connectivity index (χ1v) is 6.48. The van der Waals surface area contributed by atoms with E-state index in [1.807, 2.05) is 0 Å². The number of halogens is 4. The van der Waals surface area contributed by atoms with Gasteiger partial charge in [0, 0.05) is 26.2 Å². The molecular formula is C13H15F4N3O. The normalized spacial score (nSPS) is 17.1. The van der Waals surface area contributed by atoms with Crippen molar-refractivity contribution in [2.45, 2.75) is 13.1 Å². The van der Waals surface area contributed by atoms with Gasteiger partial charge >= 0.3 is 6.18 Å². The number of piperazine rings is 1. The third-order valence-electron chi connectivity index (χ3n) is 3.30. The Morgan fingerprint density at radius 2 is 1.86 bits per heavy atom. The molecule has 1 amide bonds. The Bertz CT molecular complexity index is 525. The first kappa shape index (κ1) is 15.7. The number of rotatable bonds is 2. The zero-order valence-electron chi connectivity index (χ0n) is 11.5. The van der Waals surface area contributed by atoms with Crippen molar-refractivity contribution in [3.05, 3.63) is 29.3 Å². The maximum Gasteiger partial charge on any atom is 0.401 e. The third kappa shape index (κ3) is 4.13. The zero-order valence-corrected chi connectivity index (χ0v) is 11.5. The van der Waals surface area contributed by atoms with Crippen molar-refractivity contribution in [3.63, 3.8) is 0 Å². The first-order chi connectivity index (χ1) is 9.76. The van der Waals surface area contributed by atoms with Gasteiger partial charge in [-0.3, -0.25) is 9.69 Å². The molecule has 0 spiro atoms. The van der Waals surface area contributed by atoms with E-state index < -0.39 is 18.5 Å². The van der Waals surface area contributed by atoms with Crippen molar-refractivity contribution in [3.8, 4) is 0 Å². The van der Waals surface area contributed by atoms with Gasteiger partial charge in [0.1, 0.15) is 11.5 Å². The van der Waals surface area contributed by atoms with E-state index in [2.05, 4.69) is 4.98 Å². The van der Waals surface area contributed by atoms with Crippen LogP contribution in [0.2, 0.25) is 0 Å². The summed E-state index contributed by atoms with van der Waals surface area (Å²) in [4.78, 5) is 18.7. The highest BCUT2D eigenvalue weighted by molar-refractivity contribution is 5.92. The monoisotopic (exact) mass is 305 g/mol. The average Bonchev–Trinajstić information content (AvgIpc) is 2.40. The zero-order chi connectivity index (χ0) is 15.6. The number of hydrogen-bond donors (Lipinski definition) is 0. The lowest BCUT2D eigenvalue weighted by molar-refractivity contribution is -0.148. The Balaban J connectivity index is 1.95. The smallest absolute Gasteiger partial charge is 0.335 e. The molecule has 0 radical (unpaired) electrons. The van der Waals surface area contributed by atoms with Crippen molar-refractivity contribution in [1.29, 1.82) is 0 Å². The Kier molecular flexibility index (Phi) is 4.46. The maximum atomic E-state index is 13.1. The number of aromatic nitrogens is 1. The van der Waals surface area contributed by atoms with Gasteiger partial charge in [0.05, 0.1) is 12.2 Å². The molecule has 1 saturated heterocycles. The highest BCUT2D eigenvalue weighted by Gasteiger charge is 2.33. The van der Waals surface area contributed by atoms with Gasteiger partial charge in [0.25, 0.3) is 5.91 Å². The number of alkyl halides is 3. The minimum absolute atomic E-state index is 0.109. The van der Waals surface area contributed by atoms with E-state index in [4.69, 9.17) is 0 Å². The molecule has 2 rings (SSSR count). The summed E-state index contributed by atoms with van der Waals surface area (Å²) in [5.41, 5.74) is 0.231. The van der Waals surface area contributed by atoms with Gasteiger partial charge in [-0.2, -0.15) is 13.2 Å². The van der Waals surface area contributed by atoms with Crippen LogP contribution in [0.1, 0.15) is 16.2 Å². The van der Waals surface area contributed by atoms with Crippen LogP contribution in [-0.2, 0) is 0 Å². The summed E-state index contributed by atoms with van der Waals surface area (Å²) in [5.74, 6) is -0.883. The van der Waals surface area contributed by atoms with E-state index in [9.17, 15) is 22.4 Å². The Labute approximate surface area is 119 Å². The van der Waals surface area contributed by atoms with Crippen molar-refractivity contribution in [1.82, 2.24) is 14.8 Å². The van der Waals surface area contributed by atoms with Crippen molar-refractivity contribution < 1.29 is 22.4 Å². The molecule has 0 bridgehead atoms. The minimum Gasteiger partial charge on any atom is -0.335 e. The van der Waals surface area contributed by atoms with Crippen molar-refractivity contribution >= 4 is 5.91 Å². The molecule has 0 unspecified atom stereocenters. The molecule has 0 aromatic carbocycles. The van der Waals surface area contributed by atoms with Crippen molar-refractivity contribution in [2.24, 2.45) is 0 Å². The molecule has 1 fully saturated rings. The summed E-state index contributed by atoms with van der Waals surface area (Å²) >= 11 is 0. The molecule has 0 N–H and O–H groups in total. The highest BCUT2D eigenvalue weighted by Crippen LogP contribution is 2.18. The average molecular weight is 305 g/mol. The van der Waals surface area contributed by atoms with E-state index in [1.54, 1.807) is 0 Å². The van der Waals surface area contributed by atoms with Crippen LogP contribution in [0.5, 0.6) is 0 Å². The molecule has 8 heteroatoms. The second-order valence-electron chi connectivity index (χ2n) is 4.95. The van der Waals surface area contributed by atoms with Gasteiger partial charge < -0.3 is 4.90 Å². The molecule has 0 atom stereocenters. The fourth-order valence-electron chi connectivity index (χ4n) is 2.19. The van der Waals surface area contributed by atoms with Crippen LogP contribution in [0, 0.1) is 12.7 Å². The molecule has 4 nitrogen and oxygen atoms in total. The van der Waals surface area contributed by atoms with Crippen LogP contribution < -0.4 is 0 Å². The largest absolute Gasteiger partial charge is 0.401 e. The van der Waals surface area contributed by atoms with E-state index in [1.165, 1.54) is 22.8 Å². The van der Waals surface area contributed by atoms with Gasteiger partial charge in [-0.15, -0.1) is 0 Å². The molecular weight excluding hydrogens is 290 g/mol. The van der Waals surface area contributed by atoms with Crippen LogP contribution in [0.3, 0.4) is 0 Å². The van der Waals surface area contributed by atoms with Crippen LogP contribution in [0.15, 0.2) is 12.1 Å². The molecule has 1 aromatic heterocycles. The lowest BCUT2D eigenvalue weighted by Gasteiger charge is -2.34. The fourth-order valence-corrected chi connectivity index (χ4v) is 2.19. The molecule has 1 aliphatic heterocycles. The summed E-state index contributed by atoms with van der Waals surface area (Å²) in [6.07, 6.45) is -4.23. The number of amides is 1. The standard InChI is InChI=1S/C13H15F4N3O/c1-9-10(14)2-3-11(18-9)12(21)20-6-4-19(5-7-20)8-13(15,16)17/h2-3H,4-8H2,1H3. The Morgan fingerprint density at radius 3 is 2.38 bits per heavy atom. The number of hydrogen-bond acceptors (Lipinski definition) is 3. The molecule has 116 valence electrons. The van der Waals surface area contributed by atoms with Crippen molar-refractivity contribution in [2.75, 3.05) is 32.7 Å². The predicted molar refractivity (Wildman–Crippen MR) is 67.3 cm³/mol. The number of pyridine rings is 1. The summed E-state index contributed by atoms with van der Waals surface area (Å²) in [5, 5.41) is 0. The molecule has 0 aliphatic carbocycles. The highest BCUT2D eigenvalue weighted by atomic mass is 19.4. The predicted octanol–water partition coefficient (Wildman–Crippen LogP) is 1.85. The second kappa shape index (κ2) is 5.97. The summed E-state index contributed by atoms with van der Waals surface area (Å²) < 4.78 is 49.9. The van der Waals surface area contributed by atoms with Gasteiger partial charge in [0.15, 0.2) is 0 Å². The SMILES string of the molecule is Cc1nc(C(=O)N2CCN(CC(F)(F)F)CC2)ccc1F. The van der Waals surface area contributed by atoms with Crippen LogP contribution in [0.25, 0.3) is 0 Å². The van der Waals surface area contributed by atoms with Gasteiger partial charge in [-0.05, 0) is 19.1 Å². The summed E-state index contributed by atoms with van der Waals surface area (Å²) in [6.45, 7) is 1.20. The first-order valence-electron chi connectivity index (χ1n) is 6.48. The third-order valence-corrected chi connectivity index (χ3v) is 3.30. The molecule has 1 aromatic rings. The van der Waals surface area contributed by atoms with E-state index in [0.717, 1.165) is 6.07 Å². The van der Waals surface area contributed by atoms with E-state index in [-0.39, 0.29) is 43.5 Å². The molecule has 2 heterocycles. The number of aryl methyl sites for hydroxylation is 1. The Hall–Kier alpha value is -1.70. The van der Waals surface area contributed by atoms with Crippen LogP contribution in [-0.4, -0.2) is 59.6 Å². The lowest BCUT2D eigenvalue weighted by Crippen LogP contribution is -2.51. The Morgan fingerprint density at radius 1 is 1.24 bits per heavy atom. The van der Waals surface area contributed by atoms with E-state index >= 15 is 0 Å². The minimum atomic E-state index is -4.23. The topological polar surface area (TPSA) is 36.4 Å². The number of nitrogens with zero attached hydrogens (tertiary/aromatic N) is 3. The quantitative estimate of drug-likeness (QED) is 0.783. The summed E-state index contributed by atoms with van der Waals surface area (Å²) in [6, 6.07) is 2.45. The maximum absolute atomic E-state index is 13.1. The van der Waals surface area contributed by atoms with Gasteiger partial charge in [-0.25, -0.2) is 9.37 Å². The van der Waals surface area contributed by atoms with Crippen LogP contribution >= 0.6 is 0 Å². The molecule has 21 heavy (non-hydrogen) atoms. The number of carbonyl (C=O) groups excluding carboxylic acids is 1. The fraction of sp³-hybridized carbons (Fsp3) is 0.538. The van der Waals surface area contributed by atoms with Crippen LogP contribution in [0.4, 0.5) is 17.6 Å². The second-order valence-corrected chi connectivity index (χ2v) is 4.95. The lowest BCUT2D eigenvalue weighted by atomic mass is 10.2. The molecule has 0 saturated carbocycles. The van der Waals surface area contributed by atoms with Gasteiger partial charge in [-0.1, -0.05) is 0 Å². The van der Waals surface area contributed by atoms with Gasteiger partial charge in [0.2, 0.25) is 0 Å². The van der Waals surface area contributed by atoms with E-state index in [0.29, 0.717) is 0 Å². The summed E-state index contributed by atoms with van der Waals surface area (Å²) in [7, 11) is 0. The number of carbonyl (C=O) groups is 1. The molecule has 1 aliphatic rings.